The maximum atomic E-state index is 12.3. The Kier molecular flexibility index (Phi) is 3.14. The molecule has 0 fully saturated rings. The van der Waals surface area contributed by atoms with Crippen molar-refractivity contribution in [3.05, 3.63) is 29.5 Å². The molecule has 0 saturated carbocycles. The van der Waals surface area contributed by atoms with Crippen LogP contribution in [0.3, 0.4) is 0 Å². The van der Waals surface area contributed by atoms with E-state index >= 15 is 0 Å². The van der Waals surface area contributed by atoms with Crippen LogP contribution in [0.2, 0.25) is 0 Å². The normalized spacial score (nSPS) is 22.5. The van der Waals surface area contributed by atoms with E-state index in [0.717, 1.165) is 5.57 Å². The van der Waals surface area contributed by atoms with Gasteiger partial charge in [0.1, 0.15) is 5.76 Å². The number of hydrogen-bond donors (Lipinski definition) is 0. The summed E-state index contributed by atoms with van der Waals surface area (Å²) in [6, 6.07) is 3.19. The van der Waals surface area contributed by atoms with Crippen LogP contribution in [0.5, 0.6) is 0 Å². The van der Waals surface area contributed by atoms with Gasteiger partial charge in [0.15, 0.2) is 0 Å². The highest BCUT2D eigenvalue weighted by molar-refractivity contribution is 7.89. The van der Waals surface area contributed by atoms with Crippen LogP contribution in [-0.4, -0.2) is 25.8 Å². The van der Waals surface area contributed by atoms with Crippen molar-refractivity contribution in [3.63, 3.8) is 0 Å². The number of sulfonamides is 1. The Hall–Kier alpha value is -1.07. The Morgan fingerprint density at radius 2 is 2.06 bits per heavy atom. The first-order chi connectivity index (χ1) is 7.89. The highest BCUT2D eigenvalue weighted by Crippen LogP contribution is 2.23. The van der Waals surface area contributed by atoms with Gasteiger partial charge in [-0.15, -0.1) is 0 Å². The first kappa shape index (κ1) is 12.4. The molecule has 2 heterocycles. The molecule has 0 aliphatic carbocycles. The van der Waals surface area contributed by atoms with Crippen molar-refractivity contribution >= 4 is 10.0 Å². The highest BCUT2D eigenvalue weighted by Gasteiger charge is 2.30. The molecule has 1 aromatic rings. The second-order valence-electron chi connectivity index (χ2n) is 4.65. The van der Waals surface area contributed by atoms with E-state index < -0.39 is 10.0 Å². The van der Waals surface area contributed by atoms with E-state index in [1.54, 1.807) is 13.0 Å². The number of aryl methyl sites for hydroxylation is 1. The summed E-state index contributed by atoms with van der Waals surface area (Å²) in [5.74, 6) is 0.857. The Morgan fingerprint density at radius 1 is 1.35 bits per heavy atom. The van der Waals surface area contributed by atoms with Crippen molar-refractivity contribution in [2.24, 2.45) is 5.92 Å². The summed E-state index contributed by atoms with van der Waals surface area (Å²) in [5, 5.41) is 0.0388. The van der Waals surface area contributed by atoms with Gasteiger partial charge >= 0.3 is 0 Å². The zero-order valence-electron chi connectivity index (χ0n) is 10.3. The summed E-state index contributed by atoms with van der Waals surface area (Å²) < 4.78 is 31.3. The molecule has 0 bridgehead atoms. The number of rotatable bonds is 2. The minimum atomic E-state index is -3.48. The van der Waals surface area contributed by atoms with Gasteiger partial charge in [0.05, 0.1) is 0 Å². The molecule has 1 aromatic heterocycles. The molecular weight excluding hydrogens is 238 g/mol. The van der Waals surface area contributed by atoms with Gasteiger partial charge in [-0.3, -0.25) is 0 Å². The van der Waals surface area contributed by atoms with Gasteiger partial charge in [-0.2, -0.15) is 4.31 Å². The Labute approximate surface area is 102 Å². The molecule has 0 amide bonds. The van der Waals surface area contributed by atoms with E-state index in [0.29, 0.717) is 18.8 Å². The minimum absolute atomic E-state index is 0.0388. The number of furan rings is 1. The van der Waals surface area contributed by atoms with Crippen LogP contribution in [0.25, 0.3) is 0 Å². The third-order valence-electron chi connectivity index (χ3n) is 2.80. The first-order valence-electron chi connectivity index (χ1n) is 5.63. The molecular formula is C12H17NO3S. The van der Waals surface area contributed by atoms with Gasteiger partial charge in [-0.05, 0) is 31.9 Å². The summed E-state index contributed by atoms with van der Waals surface area (Å²) in [5.41, 5.74) is 1.08. The molecule has 1 aliphatic rings. The fraction of sp³-hybridized carbons (Fsp3) is 0.500. The minimum Gasteiger partial charge on any atom is -0.449 e. The SMILES string of the molecule is CC1=CC(C)CN(S(=O)(=O)c2ccc(C)o2)C1. The van der Waals surface area contributed by atoms with Crippen LogP contribution < -0.4 is 0 Å². The number of nitrogens with zero attached hydrogens (tertiary/aromatic N) is 1. The van der Waals surface area contributed by atoms with Crippen molar-refractivity contribution in [2.45, 2.75) is 25.9 Å². The van der Waals surface area contributed by atoms with Gasteiger partial charge < -0.3 is 4.42 Å². The fourth-order valence-electron chi connectivity index (χ4n) is 2.12. The topological polar surface area (TPSA) is 50.5 Å². The molecule has 5 heteroatoms. The molecule has 1 atom stereocenters. The molecule has 2 rings (SSSR count). The number of hydrogen-bond acceptors (Lipinski definition) is 3. The monoisotopic (exact) mass is 255 g/mol. The van der Waals surface area contributed by atoms with Crippen molar-refractivity contribution in [3.8, 4) is 0 Å². The Balaban J connectivity index is 2.31. The predicted molar refractivity (Wildman–Crippen MR) is 65.1 cm³/mol. The summed E-state index contributed by atoms with van der Waals surface area (Å²) in [7, 11) is -3.48. The molecule has 0 saturated heterocycles. The zero-order chi connectivity index (χ0) is 12.6. The van der Waals surface area contributed by atoms with Crippen molar-refractivity contribution < 1.29 is 12.8 Å². The van der Waals surface area contributed by atoms with Crippen molar-refractivity contribution in [1.82, 2.24) is 4.31 Å². The fourth-order valence-corrected chi connectivity index (χ4v) is 3.65. The molecule has 0 N–H and O–H groups in total. The van der Waals surface area contributed by atoms with Crippen LogP contribution in [0.1, 0.15) is 19.6 Å². The van der Waals surface area contributed by atoms with Crippen LogP contribution in [-0.2, 0) is 10.0 Å². The van der Waals surface area contributed by atoms with Gasteiger partial charge in [0.2, 0.25) is 5.09 Å². The van der Waals surface area contributed by atoms with Crippen LogP contribution in [0.4, 0.5) is 0 Å². The van der Waals surface area contributed by atoms with Crippen LogP contribution in [0.15, 0.2) is 33.3 Å². The highest BCUT2D eigenvalue weighted by atomic mass is 32.2. The quantitative estimate of drug-likeness (QED) is 0.761. The second kappa shape index (κ2) is 4.31. The summed E-state index contributed by atoms with van der Waals surface area (Å²) in [6.45, 7) is 6.67. The van der Waals surface area contributed by atoms with Crippen molar-refractivity contribution in [1.29, 1.82) is 0 Å². The lowest BCUT2D eigenvalue weighted by molar-refractivity contribution is 0.357. The van der Waals surface area contributed by atoms with Gasteiger partial charge in [-0.25, -0.2) is 8.42 Å². The average molecular weight is 255 g/mol. The molecule has 1 aliphatic heterocycles. The lowest BCUT2D eigenvalue weighted by Gasteiger charge is -2.27. The lowest BCUT2D eigenvalue weighted by Crippen LogP contribution is -2.38. The molecule has 0 radical (unpaired) electrons. The molecule has 1 unspecified atom stereocenters. The van der Waals surface area contributed by atoms with Gasteiger partial charge in [0, 0.05) is 13.1 Å². The van der Waals surface area contributed by atoms with E-state index in [9.17, 15) is 8.42 Å². The lowest BCUT2D eigenvalue weighted by atomic mass is 10.1. The smallest absolute Gasteiger partial charge is 0.276 e. The van der Waals surface area contributed by atoms with Crippen LogP contribution >= 0.6 is 0 Å². The first-order valence-corrected chi connectivity index (χ1v) is 7.07. The van der Waals surface area contributed by atoms with E-state index in [1.807, 2.05) is 13.8 Å². The molecule has 0 aromatic carbocycles. The van der Waals surface area contributed by atoms with Gasteiger partial charge in [-0.1, -0.05) is 18.6 Å². The largest absolute Gasteiger partial charge is 0.449 e. The Bertz CT molecular complexity index is 542. The third kappa shape index (κ3) is 2.45. The summed E-state index contributed by atoms with van der Waals surface area (Å²) in [6.07, 6.45) is 2.11. The van der Waals surface area contributed by atoms with E-state index in [-0.39, 0.29) is 11.0 Å². The van der Waals surface area contributed by atoms with E-state index in [1.165, 1.54) is 10.4 Å². The molecule has 94 valence electrons. The molecule has 17 heavy (non-hydrogen) atoms. The van der Waals surface area contributed by atoms with Gasteiger partial charge in [0.25, 0.3) is 10.0 Å². The summed E-state index contributed by atoms with van der Waals surface area (Å²) in [4.78, 5) is 0. The van der Waals surface area contributed by atoms with E-state index in [2.05, 4.69) is 6.08 Å². The second-order valence-corrected chi connectivity index (χ2v) is 6.52. The van der Waals surface area contributed by atoms with Crippen molar-refractivity contribution in [2.75, 3.05) is 13.1 Å². The van der Waals surface area contributed by atoms with E-state index in [4.69, 9.17) is 4.42 Å². The predicted octanol–water partition coefficient (Wildman–Crippen LogP) is 2.17. The zero-order valence-corrected chi connectivity index (χ0v) is 11.1. The third-order valence-corrected chi connectivity index (χ3v) is 4.48. The molecule has 0 spiro atoms. The molecule has 4 nitrogen and oxygen atoms in total. The Morgan fingerprint density at radius 3 is 2.59 bits per heavy atom. The maximum Gasteiger partial charge on any atom is 0.276 e. The van der Waals surface area contributed by atoms with Crippen LogP contribution in [0, 0.1) is 12.8 Å². The maximum absolute atomic E-state index is 12.3. The standard InChI is InChI=1S/C12H17NO3S/c1-9-6-10(2)8-13(7-9)17(14,15)12-5-4-11(3)16-12/h4-6,9H,7-8H2,1-3H3. The average Bonchev–Trinajstić information content (AvgIpc) is 2.64. The summed E-state index contributed by atoms with van der Waals surface area (Å²) >= 11 is 0.